The molecule has 8 heteroatoms. The highest BCUT2D eigenvalue weighted by molar-refractivity contribution is 14.0. The van der Waals surface area contributed by atoms with Gasteiger partial charge >= 0.3 is 0 Å². The van der Waals surface area contributed by atoms with Crippen molar-refractivity contribution in [2.24, 2.45) is 4.99 Å². The Hall–Kier alpha value is -1.87. The summed E-state index contributed by atoms with van der Waals surface area (Å²) in [5, 5.41) is 7.28. The lowest BCUT2D eigenvalue weighted by atomic mass is 10.2. The van der Waals surface area contributed by atoms with Crippen LogP contribution >= 0.6 is 35.6 Å². The van der Waals surface area contributed by atoms with E-state index in [1.807, 2.05) is 43.3 Å². The summed E-state index contributed by atoms with van der Waals surface area (Å²) < 4.78 is 16.1. The van der Waals surface area contributed by atoms with Gasteiger partial charge < -0.3 is 24.8 Å². The molecule has 0 unspecified atom stereocenters. The molecule has 28 heavy (non-hydrogen) atoms. The molecule has 2 aromatic carbocycles. The highest BCUT2D eigenvalue weighted by atomic mass is 127. The number of hydrogen-bond donors (Lipinski definition) is 2. The van der Waals surface area contributed by atoms with Gasteiger partial charge in [0.25, 0.3) is 0 Å². The van der Waals surface area contributed by atoms with E-state index < -0.39 is 0 Å². The Morgan fingerprint density at radius 3 is 2.04 bits per heavy atom. The van der Waals surface area contributed by atoms with E-state index in [4.69, 9.17) is 25.8 Å². The van der Waals surface area contributed by atoms with E-state index in [2.05, 4.69) is 15.6 Å². The summed E-state index contributed by atoms with van der Waals surface area (Å²) >= 11 is 5.93. The Morgan fingerprint density at radius 2 is 1.54 bits per heavy atom. The van der Waals surface area contributed by atoms with Crippen LogP contribution in [0.1, 0.15) is 18.1 Å². The lowest BCUT2D eigenvalue weighted by Crippen LogP contribution is -2.36. The van der Waals surface area contributed by atoms with Crippen LogP contribution in [0.5, 0.6) is 17.2 Å². The van der Waals surface area contributed by atoms with Gasteiger partial charge in [-0.3, -0.25) is 0 Å². The molecule has 6 nitrogen and oxygen atoms in total. The number of guanidine groups is 1. The molecule has 0 radical (unpaired) electrons. The normalized spacial score (nSPS) is 10.7. The molecule has 0 aliphatic carbocycles. The minimum Gasteiger partial charge on any atom is -0.493 e. The quantitative estimate of drug-likeness (QED) is 0.310. The maximum Gasteiger partial charge on any atom is 0.203 e. The van der Waals surface area contributed by atoms with Crippen LogP contribution in [0.3, 0.4) is 0 Å². The van der Waals surface area contributed by atoms with Crippen molar-refractivity contribution in [1.82, 2.24) is 10.6 Å². The smallest absolute Gasteiger partial charge is 0.203 e. The molecule has 0 aliphatic rings. The molecule has 0 atom stereocenters. The molecule has 2 N–H and O–H groups in total. The standard InChI is InChI=1S/C20H26ClN3O3.HI/c1-5-22-20(23-12-14-6-8-16(21)9-7-14)24-13-15-10-17(25-2)19(27-4)18(11-15)26-3;/h6-11H,5,12-13H2,1-4H3,(H2,22,23,24);1H. The van der Waals surface area contributed by atoms with Crippen LogP contribution in [0, 0.1) is 0 Å². The summed E-state index contributed by atoms with van der Waals surface area (Å²) in [7, 11) is 4.78. The first-order valence-electron chi connectivity index (χ1n) is 8.66. The molecule has 0 spiro atoms. The number of ether oxygens (including phenoxy) is 3. The molecule has 0 heterocycles. The molecule has 0 aliphatic heterocycles. The Labute approximate surface area is 188 Å². The summed E-state index contributed by atoms with van der Waals surface area (Å²) in [6.07, 6.45) is 0. The molecule has 0 saturated carbocycles. The van der Waals surface area contributed by atoms with E-state index in [1.54, 1.807) is 21.3 Å². The second-order valence-corrected chi connectivity index (χ2v) is 6.15. The van der Waals surface area contributed by atoms with E-state index in [0.717, 1.165) is 28.7 Å². The third kappa shape index (κ3) is 6.94. The molecular weight excluding hydrogens is 493 g/mol. The number of benzene rings is 2. The largest absolute Gasteiger partial charge is 0.493 e. The first kappa shape index (κ1) is 24.2. The van der Waals surface area contributed by atoms with Gasteiger partial charge in [0, 0.05) is 18.1 Å². The van der Waals surface area contributed by atoms with Crippen LogP contribution in [-0.4, -0.2) is 33.8 Å². The summed E-state index contributed by atoms with van der Waals surface area (Å²) in [5.74, 6) is 2.52. The van der Waals surface area contributed by atoms with Crippen LogP contribution in [0.2, 0.25) is 5.02 Å². The third-order valence-electron chi connectivity index (χ3n) is 3.86. The van der Waals surface area contributed by atoms with Gasteiger partial charge in [-0.15, -0.1) is 24.0 Å². The van der Waals surface area contributed by atoms with E-state index in [1.165, 1.54) is 0 Å². The monoisotopic (exact) mass is 519 g/mol. The molecule has 0 amide bonds. The van der Waals surface area contributed by atoms with Gasteiger partial charge in [-0.2, -0.15) is 0 Å². The summed E-state index contributed by atoms with van der Waals surface area (Å²) in [5.41, 5.74) is 2.07. The molecule has 0 aromatic heterocycles. The molecular formula is C20H27ClIN3O3. The Bertz CT molecular complexity index is 745. The van der Waals surface area contributed by atoms with Crippen molar-refractivity contribution in [3.63, 3.8) is 0 Å². The Kier molecular flexibility index (Phi) is 10.8. The first-order valence-corrected chi connectivity index (χ1v) is 9.04. The Morgan fingerprint density at radius 1 is 0.929 bits per heavy atom. The van der Waals surface area contributed by atoms with Crippen LogP contribution in [0.4, 0.5) is 0 Å². The zero-order valence-electron chi connectivity index (χ0n) is 16.5. The van der Waals surface area contributed by atoms with Gasteiger partial charge in [-0.05, 0) is 42.3 Å². The van der Waals surface area contributed by atoms with Crippen molar-refractivity contribution in [2.45, 2.75) is 20.0 Å². The SMILES string of the molecule is CCNC(=NCc1cc(OC)c(OC)c(OC)c1)NCc1ccc(Cl)cc1.I. The highest BCUT2D eigenvalue weighted by Gasteiger charge is 2.13. The number of methoxy groups -OCH3 is 3. The molecule has 0 bridgehead atoms. The van der Waals surface area contributed by atoms with Crippen molar-refractivity contribution in [3.05, 3.63) is 52.5 Å². The van der Waals surface area contributed by atoms with Gasteiger partial charge in [-0.1, -0.05) is 23.7 Å². The van der Waals surface area contributed by atoms with Gasteiger partial charge in [0.15, 0.2) is 17.5 Å². The predicted octanol–water partition coefficient (Wildman–Crippen LogP) is 4.24. The maximum atomic E-state index is 5.93. The van der Waals surface area contributed by atoms with Crippen molar-refractivity contribution in [1.29, 1.82) is 0 Å². The topological polar surface area (TPSA) is 64.1 Å². The summed E-state index contributed by atoms with van der Waals surface area (Å²) in [6.45, 7) is 3.91. The molecule has 154 valence electrons. The van der Waals surface area contributed by atoms with E-state index in [-0.39, 0.29) is 24.0 Å². The maximum absolute atomic E-state index is 5.93. The average molecular weight is 520 g/mol. The van der Waals surface area contributed by atoms with Crippen molar-refractivity contribution in [3.8, 4) is 17.2 Å². The fourth-order valence-corrected chi connectivity index (χ4v) is 2.65. The fourth-order valence-electron chi connectivity index (χ4n) is 2.53. The second-order valence-electron chi connectivity index (χ2n) is 5.71. The van der Waals surface area contributed by atoms with Gasteiger partial charge in [-0.25, -0.2) is 4.99 Å². The van der Waals surface area contributed by atoms with Gasteiger partial charge in [0.05, 0.1) is 27.9 Å². The highest BCUT2D eigenvalue weighted by Crippen LogP contribution is 2.38. The van der Waals surface area contributed by atoms with Crippen LogP contribution in [0.15, 0.2) is 41.4 Å². The fraction of sp³-hybridized carbons (Fsp3) is 0.350. The summed E-state index contributed by atoms with van der Waals surface area (Å²) in [4.78, 5) is 4.64. The van der Waals surface area contributed by atoms with Gasteiger partial charge in [0.2, 0.25) is 5.75 Å². The molecule has 0 saturated heterocycles. The Balaban J connectivity index is 0.00000392. The molecule has 2 rings (SSSR count). The van der Waals surface area contributed by atoms with Crippen LogP contribution < -0.4 is 24.8 Å². The lowest BCUT2D eigenvalue weighted by molar-refractivity contribution is 0.324. The average Bonchev–Trinajstić information content (AvgIpc) is 2.70. The number of hydrogen-bond acceptors (Lipinski definition) is 4. The lowest BCUT2D eigenvalue weighted by Gasteiger charge is -2.14. The third-order valence-corrected chi connectivity index (χ3v) is 4.11. The van der Waals surface area contributed by atoms with Crippen molar-refractivity contribution < 1.29 is 14.2 Å². The number of nitrogens with one attached hydrogen (secondary N) is 2. The second kappa shape index (κ2) is 12.6. The minimum atomic E-state index is 0. The zero-order valence-corrected chi connectivity index (χ0v) is 19.6. The summed E-state index contributed by atoms with van der Waals surface area (Å²) in [6, 6.07) is 11.5. The first-order chi connectivity index (χ1) is 13.1. The minimum absolute atomic E-state index is 0. The van der Waals surface area contributed by atoms with Crippen LogP contribution in [0.25, 0.3) is 0 Å². The van der Waals surface area contributed by atoms with E-state index >= 15 is 0 Å². The molecule has 0 fully saturated rings. The molecule has 2 aromatic rings. The van der Waals surface area contributed by atoms with E-state index in [9.17, 15) is 0 Å². The van der Waals surface area contributed by atoms with Crippen molar-refractivity contribution >= 4 is 41.5 Å². The van der Waals surface area contributed by atoms with Crippen molar-refractivity contribution in [2.75, 3.05) is 27.9 Å². The van der Waals surface area contributed by atoms with Crippen LogP contribution in [-0.2, 0) is 13.1 Å². The van der Waals surface area contributed by atoms with E-state index in [0.29, 0.717) is 30.3 Å². The number of rotatable bonds is 8. The predicted molar refractivity (Wildman–Crippen MR) is 125 cm³/mol. The zero-order chi connectivity index (χ0) is 19.6. The number of nitrogens with zero attached hydrogens (tertiary/aromatic N) is 1. The number of aliphatic imine (C=N–C) groups is 1. The number of halogens is 2. The van der Waals surface area contributed by atoms with Gasteiger partial charge in [0.1, 0.15) is 0 Å².